The highest BCUT2D eigenvalue weighted by Crippen LogP contribution is 2.21. The maximum absolute atomic E-state index is 13.3. The number of nitrogens with zero attached hydrogens (tertiary/aromatic N) is 1. The van der Waals surface area contributed by atoms with Gasteiger partial charge in [0, 0.05) is 28.3 Å². The molecule has 1 aromatic heterocycles. The van der Waals surface area contributed by atoms with Gasteiger partial charge in [-0.1, -0.05) is 42.8 Å². The topological polar surface area (TPSA) is 74.4 Å². The largest absolute Gasteiger partial charge is 0.497 e. The molecule has 0 aliphatic rings. The maximum atomic E-state index is 13.3. The van der Waals surface area contributed by atoms with Crippen molar-refractivity contribution in [1.29, 1.82) is 0 Å². The van der Waals surface area contributed by atoms with Gasteiger partial charge >= 0.3 is 6.03 Å². The molecule has 0 atom stereocenters. The van der Waals surface area contributed by atoms with Crippen LogP contribution in [-0.2, 0) is 19.5 Å². The number of carbonyl (C=O) groups is 1. The Morgan fingerprint density at radius 1 is 1.00 bits per heavy atom. The van der Waals surface area contributed by atoms with Crippen LogP contribution in [0.3, 0.4) is 0 Å². The lowest BCUT2D eigenvalue weighted by molar-refractivity contribution is 0.206. The van der Waals surface area contributed by atoms with Gasteiger partial charge in [-0.25, -0.2) is 4.79 Å². The summed E-state index contributed by atoms with van der Waals surface area (Å²) in [5.41, 5.74) is 3.63. The number of pyridine rings is 1. The number of aromatic amines is 1. The SMILES string of the molecule is CCc1ccc2[nH]c(=O)c(CN(Cc3ccccc3Cl)C(=O)Nc3ccc(OC)cc3)cc2c1. The van der Waals surface area contributed by atoms with E-state index in [1.165, 1.54) is 5.56 Å². The Morgan fingerprint density at radius 3 is 2.44 bits per heavy atom. The first-order valence-electron chi connectivity index (χ1n) is 11.0. The number of aromatic nitrogens is 1. The summed E-state index contributed by atoms with van der Waals surface area (Å²) in [6.45, 7) is 2.45. The summed E-state index contributed by atoms with van der Waals surface area (Å²) < 4.78 is 5.18. The average Bonchev–Trinajstić information content (AvgIpc) is 2.85. The number of hydrogen-bond donors (Lipinski definition) is 2. The van der Waals surface area contributed by atoms with Crippen molar-refractivity contribution in [2.24, 2.45) is 0 Å². The van der Waals surface area contributed by atoms with Gasteiger partial charge in [-0.3, -0.25) is 4.79 Å². The maximum Gasteiger partial charge on any atom is 0.322 e. The fourth-order valence-corrected chi connectivity index (χ4v) is 3.95. The van der Waals surface area contributed by atoms with Crippen LogP contribution in [0.1, 0.15) is 23.6 Å². The Balaban J connectivity index is 1.65. The third-order valence-corrected chi connectivity index (χ3v) is 6.07. The lowest BCUT2D eigenvalue weighted by Crippen LogP contribution is -2.35. The Hall–Kier alpha value is -3.77. The Morgan fingerprint density at radius 2 is 1.74 bits per heavy atom. The highest BCUT2D eigenvalue weighted by molar-refractivity contribution is 6.31. The molecule has 3 aromatic carbocycles. The van der Waals surface area contributed by atoms with E-state index in [2.05, 4.69) is 23.3 Å². The van der Waals surface area contributed by atoms with Crippen molar-refractivity contribution in [1.82, 2.24) is 9.88 Å². The molecule has 0 saturated heterocycles. The number of urea groups is 1. The monoisotopic (exact) mass is 475 g/mol. The number of anilines is 1. The second-order valence-corrected chi connectivity index (χ2v) is 8.41. The van der Waals surface area contributed by atoms with Crippen molar-refractivity contribution in [2.45, 2.75) is 26.4 Å². The fraction of sp³-hybridized carbons (Fsp3) is 0.185. The molecule has 6 nitrogen and oxygen atoms in total. The number of benzene rings is 3. The van der Waals surface area contributed by atoms with Crippen molar-refractivity contribution in [2.75, 3.05) is 12.4 Å². The fourth-order valence-electron chi connectivity index (χ4n) is 3.75. The zero-order chi connectivity index (χ0) is 24.1. The molecule has 4 aromatic rings. The zero-order valence-electron chi connectivity index (χ0n) is 19.1. The van der Waals surface area contributed by atoms with Gasteiger partial charge in [0.15, 0.2) is 0 Å². The van der Waals surface area contributed by atoms with Gasteiger partial charge in [0.2, 0.25) is 0 Å². The van der Waals surface area contributed by atoms with Gasteiger partial charge in [-0.05, 0) is 71.5 Å². The van der Waals surface area contributed by atoms with Gasteiger partial charge in [0.25, 0.3) is 5.56 Å². The molecule has 2 amide bonds. The van der Waals surface area contributed by atoms with E-state index in [1.54, 1.807) is 42.3 Å². The number of amides is 2. The van der Waals surface area contributed by atoms with Crippen LogP contribution >= 0.6 is 11.6 Å². The lowest BCUT2D eigenvalue weighted by Gasteiger charge is -2.24. The molecule has 174 valence electrons. The molecule has 0 fully saturated rings. The number of nitrogens with one attached hydrogen (secondary N) is 2. The van der Waals surface area contributed by atoms with Crippen LogP contribution in [0.4, 0.5) is 10.5 Å². The molecule has 0 aliphatic heterocycles. The minimum Gasteiger partial charge on any atom is -0.497 e. The third-order valence-electron chi connectivity index (χ3n) is 5.70. The summed E-state index contributed by atoms with van der Waals surface area (Å²) in [4.78, 5) is 30.6. The van der Waals surface area contributed by atoms with Crippen LogP contribution in [0.15, 0.2) is 77.6 Å². The van der Waals surface area contributed by atoms with Gasteiger partial charge in [-0.15, -0.1) is 0 Å². The van der Waals surface area contributed by atoms with E-state index in [0.29, 0.717) is 22.0 Å². The molecule has 34 heavy (non-hydrogen) atoms. The molecule has 0 saturated carbocycles. The number of H-pyrrole nitrogens is 1. The molecule has 0 radical (unpaired) electrons. The molecular weight excluding hydrogens is 450 g/mol. The number of ether oxygens (including phenoxy) is 1. The molecule has 1 heterocycles. The normalized spacial score (nSPS) is 10.8. The Labute approximate surface area is 203 Å². The third kappa shape index (κ3) is 5.41. The molecule has 0 bridgehead atoms. The second kappa shape index (κ2) is 10.4. The van der Waals surface area contributed by atoms with E-state index in [1.807, 2.05) is 36.4 Å². The van der Waals surface area contributed by atoms with Crippen molar-refractivity contribution in [3.63, 3.8) is 0 Å². The highest BCUT2D eigenvalue weighted by Gasteiger charge is 2.18. The lowest BCUT2D eigenvalue weighted by atomic mass is 10.1. The smallest absolute Gasteiger partial charge is 0.322 e. The predicted octanol–water partition coefficient (Wildman–Crippen LogP) is 5.99. The predicted molar refractivity (Wildman–Crippen MR) is 137 cm³/mol. The van der Waals surface area contributed by atoms with Crippen LogP contribution in [0.5, 0.6) is 5.75 Å². The summed E-state index contributed by atoms with van der Waals surface area (Å²) in [6, 6.07) is 21.9. The Bertz CT molecular complexity index is 1370. The summed E-state index contributed by atoms with van der Waals surface area (Å²) in [6.07, 6.45) is 0.896. The number of aryl methyl sites for hydroxylation is 1. The number of hydrogen-bond acceptors (Lipinski definition) is 3. The number of rotatable bonds is 7. The van der Waals surface area contributed by atoms with E-state index in [4.69, 9.17) is 16.3 Å². The van der Waals surface area contributed by atoms with E-state index >= 15 is 0 Å². The molecule has 0 unspecified atom stereocenters. The summed E-state index contributed by atoms with van der Waals surface area (Å²) in [5, 5.41) is 4.40. The molecule has 0 spiro atoms. The van der Waals surface area contributed by atoms with Crippen LogP contribution < -0.4 is 15.6 Å². The van der Waals surface area contributed by atoms with E-state index < -0.39 is 0 Å². The zero-order valence-corrected chi connectivity index (χ0v) is 19.9. The van der Waals surface area contributed by atoms with Crippen molar-refractivity contribution < 1.29 is 9.53 Å². The van der Waals surface area contributed by atoms with Gasteiger partial charge < -0.3 is 19.9 Å². The number of halogens is 1. The van der Waals surface area contributed by atoms with E-state index in [0.717, 1.165) is 22.9 Å². The first-order chi connectivity index (χ1) is 16.5. The van der Waals surface area contributed by atoms with E-state index in [-0.39, 0.29) is 24.7 Å². The highest BCUT2D eigenvalue weighted by atomic mass is 35.5. The summed E-state index contributed by atoms with van der Waals surface area (Å²) >= 11 is 6.37. The number of fused-ring (bicyclic) bond motifs is 1. The van der Waals surface area contributed by atoms with Gasteiger partial charge in [-0.2, -0.15) is 0 Å². The van der Waals surface area contributed by atoms with Crippen LogP contribution in [-0.4, -0.2) is 23.0 Å². The molecule has 0 aliphatic carbocycles. The first-order valence-corrected chi connectivity index (χ1v) is 11.4. The minimum absolute atomic E-state index is 0.120. The van der Waals surface area contributed by atoms with Gasteiger partial charge in [0.1, 0.15) is 5.75 Å². The number of methoxy groups -OCH3 is 1. The standard InChI is InChI=1S/C27H26ClN3O3/c1-3-18-8-13-25-20(14-18)15-21(26(32)30-25)17-31(16-19-6-4-5-7-24(19)28)27(33)29-22-9-11-23(34-2)12-10-22/h4-15H,3,16-17H2,1-2H3,(H,29,33)(H,30,32). The molecule has 2 N–H and O–H groups in total. The molecule has 4 rings (SSSR count). The van der Waals surface area contributed by atoms with Gasteiger partial charge in [0.05, 0.1) is 13.7 Å². The van der Waals surface area contributed by atoms with E-state index in [9.17, 15) is 9.59 Å². The average molecular weight is 476 g/mol. The first kappa shape index (κ1) is 23.4. The molecular formula is C27H26ClN3O3. The van der Waals surface area contributed by atoms with Crippen LogP contribution in [0, 0.1) is 0 Å². The summed E-state index contributed by atoms with van der Waals surface area (Å²) in [5.74, 6) is 0.695. The minimum atomic E-state index is -0.341. The van der Waals surface area contributed by atoms with Crippen LogP contribution in [0.2, 0.25) is 5.02 Å². The summed E-state index contributed by atoms with van der Waals surface area (Å²) in [7, 11) is 1.59. The molecule has 7 heteroatoms. The Kier molecular flexibility index (Phi) is 7.18. The second-order valence-electron chi connectivity index (χ2n) is 8.00. The number of carbonyl (C=O) groups excluding carboxylic acids is 1. The quantitative estimate of drug-likeness (QED) is 0.345. The van der Waals surface area contributed by atoms with Crippen molar-refractivity contribution >= 4 is 34.2 Å². The van der Waals surface area contributed by atoms with Crippen molar-refractivity contribution in [3.8, 4) is 5.75 Å². The van der Waals surface area contributed by atoms with Crippen molar-refractivity contribution in [3.05, 3.63) is 105 Å². The van der Waals surface area contributed by atoms with Crippen LogP contribution in [0.25, 0.3) is 10.9 Å².